The van der Waals surface area contributed by atoms with Crippen molar-refractivity contribution in [3.63, 3.8) is 0 Å². The minimum Gasteiger partial charge on any atom is -0.377 e. The predicted molar refractivity (Wildman–Crippen MR) is 94.5 cm³/mol. The van der Waals surface area contributed by atoms with E-state index in [4.69, 9.17) is 4.74 Å². The zero-order valence-electron chi connectivity index (χ0n) is 15.4. The van der Waals surface area contributed by atoms with Crippen LogP contribution in [0, 0.1) is 0 Å². The fourth-order valence-corrected chi connectivity index (χ4v) is 3.50. The molecule has 3 amide bonds. The molecule has 9 heteroatoms. The van der Waals surface area contributed by atoms with E-state index in [0.717, 1.165) is 38.3 Å². The summed E-state index contributed by atoms with van der Waals surface area (Å²) in [6.45, 7) is 6.46. The summed E-state index contributed by atoms with van der Waals surface area (Å²) in [5.74, 6) is 0.793. The number of amides is 3. The zero-order chi connectivity index (χ0) is 18.4. The lowest BCUT2D eigenvalue weighted by atomic mass is 10.1. The van der Waals surface area contributed by atoms with Crippen molar-refractivity contribution in [1.29, 1.82) is 0 Å². The van der Waals surface area contributed by atoms with Crippen LogP contribution in [0.15, 0.2) is 6.33 Å². The van der Waals surface area contributed by atoms with Gasteiger partial charge < -0.3 is 24.4 Å². The Labute approximate surface area is 153 Å². The summed E-state index contributed by atoms with van der Waals surface area (Å²) >= 11 is 0. The fourth-order valence-electron chi connectivity index (χ4n) is 3.50. The van der Waals surface area contributed by atoms with E-state index < -0.39 is 0 Å². The highest BCUT2D eigenvalue weighted by Gasteiger charge is 2.32. The topological polar surface area (TPSA) is 92.6 Å². The van der Waals surface area contributed by atoms with Gasteiger partial charge in [0.2, 0.25) is 5.91 Å². The van der Waals surface area contributed by atoms with Gasteiger partial charge in [-0.25, -0.2) is 4.79 Å². The highest BCUT2D eigenvalue weighted by molar-refractivity contribution is 5.79. The van der Waals surface area contributed by atoms with Crippen molar-refractivity contribution >= 4 is 11.9 Å². The number of ether oxygens (including phenoxy) is 1. The Bertz CT molecular complexity index is 613. The van der Waals surface area contributed by atoms with Gasteiger partial charge in [-0.3, -0.25) is 4.79 Å². The molecule has 2 saturated heterocycles. The number of aryl methyl sites for hydroxylation is 1. The van der Waals surface area contributed by atoms with Crippen LogP contribution in [0.2, 0.25) is 0 Å². The number of urea groups is 1. The van der Waals surface area contributed by atoms with Crippen molar-refractivity contribution in [3.8, 4) is 0 Å². The second-order valence-electron chi connectivity index (χ2n) is 6.74. The van der Waals surface area contributed by atoms with Gasteiger partial charge in [-0.15, -0.1) is 10.2 Å². The Morgan fingerprint density at radius 3 is 2.88 bits per heavy atom. The molecular weight excluding hydrogens is 336 g/mol. The number of hydrogen-bond donors (Lipinski definition) is 1. The molecule has 0 aromatic carbocycles. The van der Waals surface area contributed by atoms with Crippen LogP contribution in [0.3, 0.4) is 0 Å². The third-order valence-corrected chi connectivity index (χ3v) is 4.98. The van der Waals surface area contributed by atoms with Crippen LogP contribution >= 0.6 is 0 Å². The number of nitrogens with one attached hydrogen (secondary N) is 1. The summed E-state index contributed by atoms with van der Waals surface area (Å²) in [4.78, 5) is 28.7. The normalized spacial score (nSPS) is 20.4. The molecule has 2 aliphatic rings. The van der Waals surface area contributed by atoms with Crippen LogP contribution in [0.25, 0.3) is 0 Å². The predicted octanol–water partition coefficient (Wildman–Crippen LogP) is 0.263. The molecule has 26 heavy (non-hydrogen) atoms. The fraction of sp³-hybridized carbons (Fsp3) is 0.765. The Kier molecular flexibility index (Phi) is 6.43. The summed E-state index contributed by atoms with van der Waals surface area (Å²) in [6.07, 6.45) is 4.71. The first-order valence-corrected chi connectivity index (χ1v) is 9.45. The van der Waals surface area contributed by atoms with E-state index in [-0.39, 0.29) is 24.4 Å². The molecule has 9 nitrogen and oxygen atoms in total. The first kappa shape index (κ1) is 18.6. The van der Waals surface area contributed by atoms with Gasteiger partial charge in [0.1, 0.15) is 12.2 Å². The van der Waals surface area contributed by atoms with Crippen LogP contribution in [0.4, 0.5) is 4.79 Å². The quantitative estimate of drug-likeness (QED) is 0.782. The number of aromatic nitrogens is 3. The van der Waals surface area contributed by atoms with Gasteiger partial charge in [0, 0.05) is 45.6 Å². The molecule has 0 saturated carbocycles. The van der Waals surface area contributed by atoms with Gasteiger partial charge in [-0.2, -0.15) is 0 Å². The van der Waals surface area contributed by atoms with Crippen LogP contribution in [0.1, 0.15) is 32.0 Å². The Hall–Kier alpha value is -2.16. The summed E-state index contributed by atoms with van der Waals surface area (Å²) in [7, 11) is 0. The Balaban J connectivity index is 1.47. The number of likely N-dealkylation sites (tertiary alicyclic amines) is 1. The molecule has 2 aliphatic heterocycles. The van der Waals surface area contributed by atoms with Crippen molar-refractivity contribution in [3.05, 3.63) is 12.2 Å². The molecule has 1 N–H and O–H groups in total. The molecule has 1 atom stereocenters. The maximum atomic E-state index is 12.7. The number of nitrogens with zero attached hydrogens (tertiary/aromatic N) is 5. The standard InChI is InChI=1S/C17H28N6O3/c1-2-21-13-19-20-15(21)5-6-18-16(24)11-14-12-26-10-9-23(14)17(25)22-7-3-4-8-22/h13-14H,2-12H2,1H3,(H,18,24)/t14-/m1/s1. The lowest BCUT2D eigenvalue weighted by molar-refractivity contribution is -0.123. The lowest BCUT2D eigenvalue weighted by Gasteiger charge is -2.37. The minimum absolute atomic E-state index is 0.0413. The van der Waals surface area contributed by atoms with Gasteiger partial charge in [-0.05, 0) is 19.8 Å². The molecule has 3 rings (SSSR count). The largest absolute Gasteiger partial charge is 0.377 e. The molecule has 2 fully saturated rings. The molecule has 1 aromatic rings. The number of carbonyl (C=O) groups excluding carboxylic acids is 2. The van der Waals surface area contributed by atoms with E-state index in [0.29, 0.717) is 32.7 Å². The molecule has 0 unspecified atom stereocenters. The van der Waals surface area contributed by atoms with E-state index in [2.05, 4.69) is 15.5 Å². The Morgan fingerprint density at radius 1 is 1.31 bits per heavy atom. The number of carbonyl (C=O) groups is 2. The maximum Gasteiger partial charge on any atom is 0.320 e. The van der Waals surface area contributed by atoms with Crippen LogP contribution in [0.5, 0.6) is 0 Å². The van der Waals surface area contributed by atoms with E-state index in [9.17, 15) is 9.59 Å². The van der Waals surface area contributed by atoms with Crippen molar-refractivity contribution in [2.45, 2.75) is 45.2 Å². The molecule has 1 aromatic heterocycles. The third-order valence-electron chi connectivity index (χ3n) is 4.98. The van der Waals surface area contributed by atoms with E-state index >= 15 is 0 Å². The number of hydrogen-bond acceptors (Lipinski definition) is 5. The molecule has 0 radical (unpaired) electrons. The third kappa shape index (κ3) is 4.51. The lowest BCUT2D eigenvalue weighted by Crippen LogP contribution is -2.54. The van der Waals surface area contributed by atoms with Crippen LogP contribution in [-0.4, -0.2) is 81.9 Å². The van der Waals surface area contributed by atoms with E-state index in [1.807, 2.05) is 21.3 Å². The molecular formula is C17H28N6O3. The first-order chi connectivity index (χ1) is 12.7. The second-order valence-corrected chi connectivity index (χ2v) is 6.74. The van der Waals surface area contributed by atoms with Gasteiger partial charge in [0.25, 0.3) is 0 Å². The SMILES string of the molecule is CCn1cnnc1CCNC(=O)C[C@@H]1COCCN1C(=O)N1CCCC1. The van der Waals surface area contributed by atoms with Gasteiger partial charge in [0.15, 0.2) is 0 Å². The second kappa shape index (κ2) is 8.98. The zero-order valence-corrected chi connectivity index (χ0v) is 15.4. The summed E-state index contributed by atoms with van der Waals surface area (Å²) in [6, 6.07) is -0.157. The molecule has 144 valence electrons. The molecule has 3 heterocycles. The summed E-state index contributed by atoms with van der Waals surface area (Å²) in [5.41, 5.74) is 0. The van der Waals surface area contributed by atoms with Gasteiger partial charge in [-0.1, -0.05) is 0 Å². The monoisotopic (exact) mass is 364 g/mol. The molecule has 0 spiro atoms. The first-order valence-electron chi connectivity index (χ1n) is 9.45. The van der Waals surface area contributed by atoms with Crippen molar-refractivity contribution < 1.29 is 14.3 Å². The summed E-state index contributed by atoms with van der Waals surface area (Å²) in [5, 5.41) is 10.9. The summed E-state index contributed by atoms with van der Waals surface area (Å²) < 4.78 is 7.46. The number of rotatable bonds is 6. The molecule has 0 bridgehead atoms. The van der Waals surface area contributed by atoms with Crippen molar-refractivity contribution in [1.82, 2.24) is 29.9 Å². The minimum atomic E-state index is -0.198. The van der Waals surface area contributed by atoms with E-state index in [1.165, 1.54) is 0 Å². The van der Waals surface area contributed by atoms with Crippen LogP contribution in [-0.2, 0) is 22.5 Å². The van der Waals surface area contributed by atoms with Crippen molar-refractivity contribution in [2.24, 2.45) is 0 Å². The highest BCUT2D eigenvalue weighted by atomic mass is 16.5. The van der Waals surface area contributed by atoms with E-state index in [1.54, 1.807) is 6.33 Å². The van der Waals surface area contributed by atoms with Gasteiger partial charge >= 0.3 is 6.03 Å². The van der Waals surface area contributed by atoms with Crippen LogP contribution < -0.4 is 5.32 Å². The Morgan fingerprint density at radius 2 is 2.12 bits per heavy atom. The average Bonchev–Trinajstić information content (AvgIpc) is 3.33. The number of morpholine rings is 1. The van der Waals surface area contributed by atoms with Crippen molar-refractivity contribution in [2.75, 3.05) is 39.4 Å². The highest BCUT2D eigenvalue weighted by Crippen LogP contribution is 2.17. The maximum absolute atomic E-state index is 12.7. The molecule has 0 aliphatic carbocycles. The van der Waals surface area contributed by atoms with Gasteiger partial charge in [0.05, 0.1) is 19.3 Å². The average molecular weight is 364 g/mol. The smallest absolute Gasteiger partial charge is 0.320 e.